The lowest BCUT2D eigenvalue weighted by Crippen LogP contribution is -2.19. The molecule has 92 valence electrons. The molecule has 1 saturated heterocycles. The van der Waals surface area contributed by atoms with Crippen molar-refractivity contribution in [3.8, 4) is 5.75 Å². The van der Waals surface area contributed by atoms with Crippen LogP contribution in [0.3, 0.4) is 0 Å². The maximum absolute atomic E-state index is 13.7. The highest BCUT2D eigenvalue weighted by atomic mass is 19.2. The molecule has 0 bridgehead atoms. The summed E-state index contributed by atoms with van der Waals surface area (Å²) in [6.45, 7) is 1.52. The Morgan fingerprint density at radius 3 is 2.94 bits per heavy atom. The molecule has 2 nitrogen and oxygen atoms in total. The molecule has 0 amide bonds. The SMILES string of the molecule is Fc1cc([C@@H]2CCCN2)c2c(c1F)CCCO2. The van der Waals surface area contributed by atoms with Crippen LogP contribution in [0.5, 0.6) is 5.75 Å². The van der Waals surface area contributed by atoms with Gasteiger partial charge in [0.2, 0.25) is 0 Å². The van der Waals surface area contributed by atoms with Gasteiger partial charge in [-0.05, 0) is 38.3 Å². The lowest BCUT2D eigenvalue weighted by molar-refractivity contribution is 0.275. The fourth-order valence-electron chi connectivity index (χ4n) is 2.71. The molecule has 2 aliphatic heterocycles. The minimum absolute atomic E-state index is 0.108. The van der Waals surface area contributed by atoms with Crippen LogP contribution < -0.4 is 10.1 Å². The van der Waals surface area contributed by atoms with Gasteiger partial charge in [0, 0.05) is 17.2 Å². The molecule has 0 aromatic heterocycles. The van der Waals surface area contributed by atoms with Gasteiger partial charge < -0.3 is 10.1 Å². The van der Waals surface area contributed by atoms with Crippen molar-refractivity contribution in [1.29, 1.82) is 0 Å². The molecule has 0 aliphatic carbocycles. The van der Waals surface area contributed by atoms with Gasteiger partial charge in [-0.1, -0.05) is 0 Å². The molecule has 1 aromatic carbocycles. The second-order valence-corrected chi connectivity index (χ2v) is 4.67. The Kier molecular flexibility index (Phi) is 2.74. The number of hydrogen-bond acceptors (Lipinski definition) is 2. The maximum atomic E-state index is 13.7. The fraction of sp³-hybridized carbons (Fsp3) is 0.538. The van der Waals surface area contributed by atoms with Crippen LogP contribution >= 0.6 is 0 Å². The van der Waals surface area contributed by atoms with E-state index in [1.54, 1.807) is 0 Å². The first-order chi connectivity index (χ1) is 8.27. The molecule has 0 radical (unpaired) electrons. The minimum Gasteiger partial charge on any atom is -0.493 e. The van der Waals surface area contributed by atoms with Gasteiger partial charge in [-0.3, -0.25) is 0 Å². The van der Waals surface area contributed by atoms with Gasteiger partial charge in [0.1, 0.15) is 5.75 Å². The van der Waals surface area contributed by atoms with E-state index in [4.69, 9.17) is 4.74 Å². The summed E-state index contributed by atoms with van der Waals surface area (Å²) in [5.41, 5.74) is 1.20. The van der Waals surface area contributed by atoms with Crippen LogP contribution in [-0.2, 0) is 6.42 Å². The van der Waals surface area contributed by atoms with Crippen LogP contribution in [0.25, 0.3) is 0 Å². The van der Waals surface area contributed by atoms with Gasteiger partial charge in [-0.15, -0.1) is 0 Å². The summed E-state index contributed by atoms with van der Waals surface area (Å²) in [4.78, 5) is 0. The second kappa shape index (κ2) is 4.26. The van der Waals surface area contributed by atoms with Crippen molar-refractivity contribution in [3.63, 3.8) is 0 Å². The number of rotatable bonds is 1. The summed E-state index contributed by atoms with van der Waals surface area (Å²) in [6, 6.07) is 1.40. The number of fused-ring (bicyclic) bond motifs is 1. The molecule has 2 aliphatic rings. The zero-order valence-corrected chi connectivity index (χ0v) is 9.56. The summed E-state index contributed by atoms with van der Waals surface area (Å²) < 4.78 is 32.8. The van der Waals surface area contributed by atoms with Gasteiger partial charge in [0.05, 0.1) is 6.61 Å². The van der Waals surface area contributed by atoms with Crippen LogP contribution in [0, 0.1) is 11.6 Å². The van der Waals surface area contributed by atoms with Crippen molar-refractivity contribution in [1.82, 2.24) is 5.32 Å². The van der Waals surface area contributed by atoms with Gasteiger partial charge >= 0.3 is 0 Å². The average molecular weight is 239 g/mol. The second-order valence-electron chi connectivity index (χ2n) is 4.67. The lowest BCUT2D eigenvalue weighted by Gasteiger charge is -2.24. The fourth-order valence-corrected chi connectivity index (χ4v) is 2.71. The predicted molar refractivity (Wildman–Crippen MR) is 60.2 cm³/mol. The Morgan fingerprint density at radius 1 is 1.29 bits per heavy atom. The third-order valence-electron chi connectivity index (χ3n) is 3.55. The van der Waals surface area contributed by atoms with E-state index in [2.05, 4.69) is 5.32 Å². The molecule has 0 spiro atoms. The van der Waals surface area contributed by atoms with Crippen molar-refractivity contribution in [3.05, 3.63) is 28.8 Å². The Hall–Kier alpha value is -1.16. The van der Waals surface area contributed by atoms with E-state index in [1.807, 2.05) is 0 Å². The highest BCUT2D eigenvalue weighted by molar-refractivity contribution is 5.46. The molecule has 2 heterocycles. The van der Waals surface area contributed by atoms with Crippen molar-refractivity contribution in [2.75, 3.05) is 13.2 Å². The van der Waals surface area contributed by atoms with Crippen LogP contribution in [0.15, 0.2) is 6.07 Å². The number of halogens is 2. The van der Waals surface area contributed by atoms with E-state index < -0.39 is 11.6 Å². The highest BCUT2D eigenvalue weighted by Gasteiger charge is 2.27. The van der Waals surface area contributed by atoms with Gasteiger partial charge in [0.15, 0.2) is 11.6 Å². The van der Waals surface area contributed by atoms with E-state index in [9.17, 15) is 8.78 Å². The summed E-state index contributed by atoms with van der Waals surface area (Å²) in [5, 5.41) is 3.30. The molecule has 4 heteroatoms. The number of hydrogen-bond donors (Lipinski definition) is 1. The molecule has 0 saturated carbocycles. The van der Waals surface area contributed by atoms with Crippen LogP contribution in [0.1, 0.15) is 36.4 Å². The quantitative estimate of drug-likeness (QED) is 0.813. The predicted octanol–water partition coefficient (Wildman–Crippen LogP) is 2.71. The Bertz CT molecular complexity index is 442. The van der Waals surface area contributed by atoms with Crippen molar-refractivity contribution < 1.29 is 13.5 Å². The first-order valence-electron chi connectivity index (χ1n) is 6.14. The van der Waals surface area contributed by atoms with Crippen LogP contribution in [0.4, 0.5) is 8.78 Å². The molecule has 3 rings (SSSR count). The average Bonchev–Trinajstić information content (AvgIpc) is 2.87. The van der Waals surface area contributed by atoms with Crippen molar-refractivity contribution in [2.45, 2.75) is 31.7 Å². The smallest absolute Gasteiger partial charge is 0.165 e. The Balaban J connectivity index is 2.10. The first kappa shape index (κ1) is 11.0. The molecule has 17 heavy (non-hydrogen) atoms. The highest BCUT2D eigenvalue weighted by Crippen LogP contribution is 2.38. The molecule has 0 unspecified atom stereocenters. The number of nitrogens with one attached hydrogen (secondary N) is 1. The summed E-state index contributed by atoms with van der Waals surface area (Å²) in [5.74, 6) is -0.908. The summed E-state index contributed by atoms with van der Waals surface area (Å²) >= 11 is 0. The molecule has 1 fully saturated rings. The maximum Gasteiger partial charge on any atom is 0.165 e. The van der Waals surface area contributed by atoms with E-state index in [-0.39, 0.29) is 6.04 Å². The van der Waals surface area contributed by atoms with E-state index in [1.165, 1.54) is 6.07 Å². The number of ether oxygens (including phenoxy) is 1. The third kappa shape index (κ3) is 1.80. The zero-order valence-electron chi connectivity index (χ0n) is 9.56. The van der Waals surface area contributed by atoms with Gasteiger partial charge in [-0.2, -0.15) is 0 Å². The largest absolute Gasteiger partial charge is 0.493 e. The van der Waals surface area contributed by atoms with Gasteiger partial charge in [-0.25, -0.2) is 8.78 Å². The van der Waals surface area contributed by atoms with E-state index >= 15 is 0 Å². The topological polar surface area (TPSA) is 21.3 Å². The molecular formula is C13H15F2NO. The Labute approximate surface area is 99.0 Å². The van der Waals surface area contributed by atoms with Crippen LogP contribution in [-0.4, -0.2) is 13.2 Å². The van der Waals surface area contributed by atoms with Crippen LogP contribution in [0.2, 0.25) is 0 Å². The minimum atomic E-state index is -0.752. The summed E-state index contributed by atoms with van der Waals surface area (Å²) in [7, 11) is 0. The normalized spacial score (nSPS) is 23.3. The summed E-state index contributed by atoms with van der Waals surface area (Å²) in [6.07, 6.45) is 3.35. The van der Waals surface area contributed by atoms with E-state index in [0.29, 0.717) is 24.3 Å². The standard InChI is InChI=1S/C13H15F2NO/c14-10-7-9(11-4-1-5-16-11)13-8(12(10)15)3-2-6-17-13/h7,11,16H,1-6H2/t11-/m0/s1. The Morgan fingerprint density at radius 2 is 2.18 bits per heavy atom. The number of benzene rings is 1. The molecule has 1 N–H and O–H groups in total. The zero-order chi connectivity index (χ0) is 11.8. The first-order valence-corrected chi connectivity index (χ1v) is 6.14. The van der Waals surface area contributed by atoms with Crippen molar-refractivity contribution >= 4 is 0 Å². The third-order valence-corrected chi connectivity index (χ3v) is 3.55. The van der Waals surface area contributed by atoms with E-state index in [0.717, 1.165) is 31.4 Å². The molecular weight excluding hydrogens is 224 g/mol. The monoisotopic (exact) mass is 239 g/mol. The lowest BCUT2D eigenvalue weighted by atomic mass is 9.96. The van der Waals surface area contributed by atoms with Gasteiger partial charge in [0.25, 0.3) is 0 Å². The van der Waals surface area contributed by atoms with Crippen molar-refractivity contribution in [2.24, 2.45) is 0 Å². The molecule has 1 atom stereocenters. The molecule has 1 aromatic rings.